The van der Waals surface area contributed by atoms with E-state index in [4.69, 9.17) is 12.2 Å². The molecule has 3 aromatic rings. The van der Waals surface area contributed by atoms with Gasteiger partial charge in [0.15, 0.2) is 5.82 Å². The van der Waals surface area contributed by atoms with Crippen LogP contribution in [0, 0.1) is 4.77 Å². The summed E-state index contributed by atoms with van der Waals surface area (Å²) < 4.78 is 2.04. The fourth-order valence-electron chi connectivity index (χ4n) is 2.57. The zero-order chi connectivity index (χ0) is 17.6. The first-order valence-corrected chi connectivity index (χ1v) is 8.61. The van der Waals surface area contributed by atoms with Gasteiger partial charge in [-0.3, -0.25) is 4.98 Å². The Labute approximate surface area is 151 Å². The minimum Gasteiger partial charge on any atom is -0.372 e. The van der Waals surface area contributed by atoms with Gasteiger partial charge in [-0.05, 0) is 55.9 Å². The quantitative estimate of drug-likeness (QED) is 0.542. The second kappa shape index (κ2) is 7.85. The molecule has 0 saturated carbocycles. The van der Waals surface area contributed by atoms with E-state index in [0.717, 1.165) is 24.2 Å². The van der Waals surface area contributed by atoms with Crippen LogP contribution in [0.2, 0.25) is 0 Å². The molecule has 7 heteroatoms. The Morgan fingerprint density at radius 2 is 1.96 bits per heavy atom. The molecule has 0 aliphatic carbocycles. The van der Waals surface area contributed by atoms with Crippen LogP contribution in [0.5, 0.6) is 0 Å². The molecule has 1 N–H and O–H groups in total. The largest absolute Gasteiger partial charge is 0.372 e. The van der Waals surface area contributed by atoms with Gasteiger partial charge < -0.3 is 4.90 Å². The van der Waals surface area contributed by atoms with Gasteiger partial charge in [-0.25, -0.2) is 5.10 Å². The van der Waals surface area contributed by atoms with Crippen molar-refractivity contribution < 1.29 is 0 Å². The average Bonchev–Trinajstić information content (AvgIpc) is 3.03. The summed E-state index contributed by atoms with van der Waals surface area (Å²) in [7, 11) is 0. The van der Waals surface area contributed by atoms with Crippen LogP contribution in [-0.2, 0) is 0 Å². The summed E-state index contributed by atoms with van der Waals surface area (Å²) in [6.07, 6.45) is 5.23. The first-order valence-electron chi connectivity index (χ1n) is 8.20. The zero-order valence-electron chi connectivity index (χ0n) is 14.3. The third kappa shape index (κ3) is 3.83. The molecular formula is C18H20N6S. The third-order valence-electron chi connectivity index (χ3n) is 3.91. The smallest absolute Gasteiger partial charge is 0.216 e. The van der Waals surface area contributed by atoms with Gasteiger partial charge in [-0.15, -0.1) is 0 Å². The van der Waals surface area contributed by atoms with Gasteiger partial charge in [-0.2, -0.15) is 14.9 Å². The molecule has 0 fully saturated rings. The second-order valence-electron chi connectivity index (χ2n) is 5.41. The molecule has 2 aromatic heterocycles. The Hall–Kier alpha value is -2.80. The number of pyridine rings is 1. The molecule has 25 heavy (non-hydrogen) atoms. The fraction of sp³-hybridized carbons (Fsp3) is 0.222. The summed E-state index contributed by atoms with van der Waals surface area (Å²) in [4.78, 5) is 6.41. The Bertz CT molecular complexity index is 891. The summed E-state index contributed by atoms with van der Waals surface area (Å²) >= 11 is 5.28. The molecule has 0 bridgehead atoms. The number of benzene rings is 1. The lowest BCUT2D eigenvalue weighted by atomic mass is 10.2. The van der Waals surface area contributed by atoms with Crippen molar-refractivity contribution in [2.75, 3.05) is 18.0 Å². The fourth-order valence-corrected chi connectivity index (χ4v) is 2.74. The van der Waals surface area contributed by atoms with E-state index in [2.05, 4.69) is 51.2 Å². The van der Waals surface area contributed by atoms with Gasteiger partial charge in [0.05, 0.1) is 6.21 Å². The highest BCUT2D eigenvalue weighted by molar-refractivity contribution is 7.71. The normalized spacial score (nSPS) is 11.1. The number of nitrogens with one attached hydrogen (secondary N) is 1. The molecule has 0 spiro atoms. The molecule has 0 aliphatic heterocycles. The van der Waals surface area contributed by atoms with E-state index in [1.54, 1.807) is 23.3 Å². The van der Waals surface area contributed by atoms with Crippen LogP contribution >= 0.6 is 12.2 Å². The minimum absolute atomic E-state index is 0.440. The number of aromatic amines is 1. The van der Waals surface area contributed by atoms with E-state index in [1.807, 2.05) is 24.3 Å². The summed E-state index contributed by atoms with van der Waals surface area (Å²) in [5, 5.41) is 11.5. The van der Waals surface area contributed by atoms with Gasteiger partial charge in [0.2, 0.25) is 4.77 Å². The van der Waals surface area contributed by atoms with E-state index in [0.29, 0.717) is 10.6 Å². The summed E-state index contributed by atoms with van der Waals surface area (Å²) in [6.45, 7) is 6.28. The molecule has 2 heterocycles. The Morgan fingerprint density at radius 3 is 2.60 bits per heavy atom. The van der Waals surface area contributed by atoms with Crippen LogP contribution in [0.3, 0.4) is 0 Å². The van der Waals surface area contributed by atoms with Crippen molar-refractivity contribution in [2.45, 2.75) is 13.8 Å². The second-order valence-corrected chi connectivity index (χ2v) is 5.80. The zero-order valence-corrected chi connectivity index (χ0v) is 15.1. The van der Waals surface area contributed by atoms with E-state index in [1.165, 1.54) is 5.69 Å². The number of anilines is 1. The van der Waals surface area contributed by atoms with Crippen molar-refractivity contribution in [1.29, 1.82) is 0 Å². The van der Waals surface area contributed by atoms with Crippen LogP contribution in [0.25, 0.3) is 11.4 Å². The topological polar surface area (TPSA) is 62.1 Å². The number of hydrogen-bond acceptors (Lipinski definition) is 5. The highest BCUT2D eigenvalue weighted by atomic mass is 32.1. The molecule has 0 saturated heterocycles. The Morgan fingerprint density at radius 1 is 1.20 bits per heavy atom. The highest BCUT2D eigenvalue weighted by Gasteiger charge is 2.07. The van der Waals surface area contributed by atoms with Crippen LogP contribution in [0.15, 0.2) is 53.9 Å². The van der Waals surface area contributed by atoms with Crippen molar-refractivity contribution in [3.63, 3.8) is 0 Å². The third-order valence-corrected chi connectivity index (χ3v) is 4.18. The molecule has 0 atom stereocenters. The maximum atomic E-state index is 5.28. The lowest BCUT2D eigenvalue weighted by molar-refractivity contribution is 0.865. The van der Waals surface area contributed by atoms with E-state index in [-0.39, 0.29) is 0 Å². The van der Waals surface area contributed by atoms with Gasteiger partial charge in [-0.1, -0.05) is 12.1 Å². The molecule has 3 rings (SSSR count). The summed E-state index contributed by atoms with van der Waals surface area (Å²) in [5.41, 5.74) is 3.05. The molecule has 0 unspecified atom stereocenters. The van der Waals surface area contributed by atoms with Crippen LogP contribution in [0.4, 0.5) is 5.69 Å². The van der Waals surface area contributed by atoms with E-state index in [9.17, 15) is 0 Å². The number of aromatic nitrogens is 4. The molecule has 1 aromatic carbocycles. The SMILES string of the molecule is CCN(CC)c1ccc(/C=N/n2c(-c3cccnc3)n[nH]c2=S)cc1. The standard InChI is InChI=1S/C18H20N6S/c1-3-23(4-2)16-9-7-14(8-10-16)12-20-24-17(21-22-18(24)25)15-6-5-11-19-13-15/h5-13H,3-4H2,1-2H3,(H,22,25)/b20-12+. The lowest BCUT2D eigenvalue weighted by Gasteiger charge is -2.20. The lowest BCUT2D eigenvalue weighted by Crippen LogP contribution is -2.21. The van der Waals surface area contributed by atoms with Crippen LogP contribution in [-0.4, -0.2) is 39.2 Å². The number of H-pyrrole nitrogens is 1. The van der Waals surface area contributed by atoms with Crippen molar-refractivity contribution in [3.8, 4) is 11.4 Å². The molecule has 0 radical (unpaired) electrons. The maximum Gasteiger partial charge on any atom is 0.216 e. The minimum atomic E-state index is 0.440. The first kappa shape index (κ1) is 17.0. The number of rotatable bonds is 6. The van der Waals surface area contributed by atoms with Gasteiger partial charge in [0.25, 0.3) is 0 Å². The van der Waals surface area contributed by atoms with Crippen molar-refractivity contribution >= 4 is 24.1 Å². The predicted molar refractivity (Wildman–Crippen MR) is 104 cm³/mol. The van der Waals surface area contributed by atoms with Crippen molar-refractivity contribution in [3.05, 3.63) is 59.1 Å². The average molecular weight is 352 g/mol. The molecule has 6 nitrogen and oxygen atoms in total. The van der Waals surface area contributed by atoms with Gasteiger partial charge in [0.1, 0.15) is 0 Å². The van der Waals surface area contributed by atoms with Gasteiger partial charge in [0, 0.05) is 36.7 Å². The first-order chi connectivity index (χ1) is 12.2. The summed E-state index contributed by atoms with van der Waals surface area (Å²) in [5.74, 6) is 0.633. The van der Waals surface area contributed by atoms with E-state index < -0.39 is 0 Å². The van der Waals surface area contributed by atoms with Crippen LogP contribution in [0.1, 0.15) is 19.4 Å². The Balaban J connectivity index is 1.86. The number of hydrogen-bond donors (Lipinski definition) is 1. The molecular weight excluding hydrogens is 332 g/mol. The van der Waals surface area contributed by atoms with Crippen molar-refractivity contribution in [1.82, 2.24) is 19.9 Å². The highest BCUT2D eigenvalue weighted by Crippen LogP contribution is 2.16. The van der Waals surface area contributed by atoms with Gasteiger partial charge >= 0.3 is 0 Å². The molecule has 128 valence electrons. The number of nitrogens with zero attached hydrogens (tertiary/aromatic N) is 5. The van der Waals surface area contributed by atoms with E-state index >= 15 is 0 Å². The summed E-state index contributed by atoms with van der Waals surface area (Å²) in [6, 6.07) is 12.1. The Kier molecular flexibility index (Phi) is 5.35. The predicted octanol–water partition coefficient (Wildman–Crippen LogP) is 3.73. The molecule has 0 aliphatic rings. The monoisotopic (exact) mass is 352 g/mol. The molecule has 0 amide bonds. The maximum absolute atomic E-state index is 5.28. The van der Waals surface area contributed by atoms with Crippen molar-refractivity contribution in [2.24, 2.45) is 5.10 Å². The van der Waals surface area contributed by atoms with Crippen LogP contribution < -0.4 is 4.90 Å².